The number of ether oxygens (including phenoxy) is 1. The van der Waals surface area contributed by atoms with E-state index in [0.29, 0.717) is 55.8 Å². The van der Waals surface area contributed by atoms with Crippen molar-refractivity contribution in [2.24, 2.45) is 0 Å². The first-order valence-electron chi connectivity index (χ1n) is 8.91. The van der Waals surface area contributed by atoms with Crippen molar-refractivity contribution in [1.82, 2.24) is 19.9 Å². The quantitative estimate of drug-likeness (QED) is 0.643. The van der Waals surface area contributed by atoms with Gasteiger partial charge in [-0.2, -0.15) is 4.98 Å². The summed E-state index contributed by atoms with van der Waals surface area (Å²) in [6.45, 7) is 3.33. The molecule has 4 rings (SSSR count). The van der Waals surface area contributed by atoms with Crippen LogP contribution >= 0.6 is 0 Å². The molecule has 2 aromatic heterocycles. The Kier molecular flexibility index (Phi) is 5.34. The maximum Gasteiger partial charge on any atom is 0.257 e. The normalized spacial score (nSPS) is 15.0. The number of carbonyl (C=O) groups is 1. The SMILES string of the molecule is O=C(c1ccoc1)N1CCN(Cc2nc(COc3ccc(F)cc3)no2)CC1. The van der Waals surface area contributed by atoms with Gasteiger partial charge < -0.3 is 18.6 Å². The molecule has 146 valence electrons. The van der Waals surface area contributed by atoms with E-state index in [-0.39, 0.29) is 18.3 Å². The van der Waals surface area contributed by atoms with Crippen molar-refractivity contribution in [3.63, 3.8) is 0 Å². The van der Waals surface area contributed by atoms with Gasteiger partial charge in [-0.1, -0.05) is 5.16 Å². The molecule has 1 fully saturated rings. The van der Waals surface area contributed by atoms with Gasteiger partial charge in [0.15, 0.2) is 6.61 Å². The number of amides is 1. The van der Waals surface area contributed by atoms with Crippen LogP contribution in [0.25, 0.3) is 0 Å². The van der Waals surface area contributed by atoms with Crippen molar-refractivity contribution >= 4 is 5.91 Å². The van der Waals surface area contributed by atoms with E-state index in [9.17, 15) is 9.18 Å². The zero-order chi connectivity index (χ0) is 19.3. The molecule has 1 aliphatic rings. The van der Waals surface area contributed by atoms with Crippen molar-refractivity contribution < 1.29 is 22.9 Å². The highest BCUT2D eigenvalue weighted by molar-refractivity contribution is 5.93. The number of benzene rings is 1. The number of nitrogens with zero attached hydrogens (tertiary/aromatic N) is 4. The van der Waals surface area contributed by atoms with Crippen LogP contribution in [0.5, 0.6) is 5.75 Å². The summed E-state index contributed by atoms with van der Waals surface area (Å²) < 4.78 is 28.6. The van der Waals surface area contributed by atoms with Crippen molar-refractivity contribution in [3.05, 3.63) is 66.0 Å². The predicted molar refractivity (Wildman–Crippen MR) is 94.9 cm³/mol. The van der Waals surface area contributed by atoms with Crippen LogP contribution in [0.15, 0.2) is 51.8 Å². The monoisotopic (exact) mass is 386 g/mol. The van der Waals surface area contributed by atoms with E-state index in [2.05, 4.69) is 15.0 Å². The Morgan fingerprint density at radius 2 is 1.93 bits per heavy atom. The number of rotatable bonds is 6. The van der Waals surface area contributed by atoms with E-state index in [1.54, 1.807) is 23.1 Å². The standard InChI is InChI=1S/C19H19FN4O4/c20-15-1-3-16(4-2-15)27-13-17-21-18(28-22-17)11-23-6-8-24(9-7-23)19(25)14-5-10-26-12-14/h1-5,10,12H,6-9,11,13H2. The van der Waals surface area contributed by atoms with Gasteiger partial charge in [-0.15, -0.1) is 0 Å². The van der Waals surface area contributed by atoms with Crippen LogP contribution in [-0.4, -0.2) is 52.0 Å². The molecular formula is C19H19FN4O4. The first-order valence-corrected chi connectivity index (χ1v) is 8.91. The van der Waals surface area contributed by atoms with Crippen molar-refractivity contribution in [1.29, 1.82) is 0 Å². The zero-order valence-corrected chi connectivity index (χ0v) is 15.1. The largest absolute Gasteiger partial charge is 0.485 e. The second-order valence-corrected chi connectivity index (χ2v) is 6.43. The summed E-state index contributed by atoms with van der Waals surface area (Å²) in [5, 5.41) is 3.90. The molecule has 0 radical (unpaired) electrons. The predicted octanol–water partition coefficient (Wildman–Crippen LogP) is 2.34. The number of aromatic nitrogens is 2. The summed E-state index contributed by atoms with van der Waals surface area (Å²) in [5.41, 5.74) is 0.566. The highest BCUT2D eigenvalue weighted by Gasteiger charge is 2.24. The number of hydrogen-bond donors (Lipinski definition) is 0. The molecular weight excluding hydrogens is 367 g/mol. The molecule has 0 aliphatic carbocycles. The molecule has 1 saturated heterocycles. The van der Waals surface area contributed by atoms with Gasteiger partial charge in [0.05, 0.1) is 18.4 Å². The van der Waals surface area contributed by atoms with E-state index < -0.39 is 0 Å². The molecule has 0 atom stereocenters. The Bertz CT molecular complexity index is 902. The molecule has 3 aromatic rings. The van der Waals surface area contributed by atoms with Crippen LogP contribution in [0.3, 0.4) is 0 Å². The van der Waals surface area contributed by atoms with Crippen molar-refractivity contribution in [3.8, 4) is 5.75 Å². The second kappa shape index (κ2) is 8.22. The van der Waals surface area contributed by atoms with Gasteiger partial charge in [-0.25, -0.2) is 4.39 Å². The number of furan rings is 1. The van der Waals surface area contributed by atoms with Crippen LogP contribution < -0.4 is 4.74 Å². The number of piperazine rings is 1. The second-order valence-electron chi connectivity index (χ2n) is 6.43. The third kappa shape index (κ3) is 4.37. The lowest BCUT2D eigenvalue weighted by Crippen LogP contribution is -2.48. The van der Waals surface area contributed by atoms with E-state index in [4.69, 9.17) is 13.7 Å². The lowest BCUT2D eigenvalue weighted by atomic mass is 10.2. The van der Waals surface area contributed by atoms with Gasteiger partial charge in [0.1, 0.15) is 17.8 Å². The first-order chi connectivity index (χ1) is 13.7. The Hall–Kier alpha value is -3.20. The van der Waals surface area contributed by atoms with Gasteiger partial charge in [0.2, 0.25) is 11.7 Å². The Morgan fingerprint density at radius 1 is 1.14 bits per heavy atom. The van der Waals surface area contributed by atoms with Gasteiger partial charge in [-0.3, -0.25) is 9.69 Å². The van der Waals surface area contributed by atoms with Crippen LogP contribution in [-0.2, 0) is 13.2 Å². The highest BCUT2D eigenvalue weighted by atomic mass is 19.1. The van der Waals surface area contributed by atoms with Crippen molar-refractivity contribution in [2.75, 3.05) is 26.2 Å². The summed E-state index contributed by atoms with van der Waals surface area (Å²) in [6.07, 6.45) is 2.96. The fraction of sp³-hybridized carbons (Fsp3) is 0.316. The van der Waals surface area contributed by atoms with Crippen molar-refractivity contribution in [2.45, 2.75) is 13.2 Å². The molecule has 1 aliphatic heterocycles. The van der Waals surface area contributed by atoms with Gasteiger partial charge >= 0.3 is 0 Å². The Morgan fingerprint density at radius 3 is 2.64 bits per heavy atom. The van der Waals surface area contributed by atoms with Crippen LogP contribution in [0.2, 0.25) is 0 Å². The van der Waals surface area contributed by atoms with Gasteiger partial charge in [0.25, 0.3) is 5.91 Å². The summed E-state index contributed by atoms with van der Waals surface area (Å²) in [7, 11) is 0. The van der Waals surface area contributed by atoms with Crippen LogP contribution in [0.4, 0.5) is 4.39 Å². The molecule has 3 heterocycles. The summed E-state index contributed by atoms with van der Waals surface area (Å²) in [5.74, 6) is 1.11. The molecule has 0 bridgehead atoms. The molecule has 1 amide bonds. The first kappa shape index (κ1) is 18.2. The maximum absolute atomic E-state index is 12.9. The molecule has 28 heavy (non-hydrogen) atoms. The lowest BCUT2D eigenvalue weighted by Gasteiger charge is -2.33. The van der Waals surface area contributed by atoms with Crippen LogP contribution in [0.1, 0.15) is 22.1 Å². The highest BCUT2D eigenvalue weighted by Crippen LogP contribution is 2.14. The number of carbonyl (C=O) groups excluding carboxylic acids is 1. The third-order valence-electron chi connectivity index (χ3n) is 4.48. The smallest absolute Gasteiger partial charge is 0.257 e. The third-order valence-corrected chi connectivity index (χ3v) is 4.48. The molecule has 0 N–H and O–H groups in total. The van der Waals surface area contributed by atoms with Gasteiger partial charge in [-0.05, 0) is 30.3 Å². The molecule has 0 unspecified atom stereocenters. The van der Waals surface area contributed by atoms with Crippen LogP contribution in [0, 0.1) is 5.82 Å². The molecule has 8 nitrogen and oxygen atoms in total. The minimum absolute atomic E-state index is 0.0218. The average Bonchev–Trinajstić information content (AvgIpc) is 3.40. The average molecular weight is 386 g/mol. The minimum atomic E-state index is -0.319. The van der Waals surface area contributed by atoms with Gasteiger partial charge in [0, 0.05) is 26.2 Å². The maximum atomic E-state index is 12.9. The van der Waals surface area contributed by atoms with E-state index in [0.717, 1.165) is 0 Å². The summed E-state index contributed by atoms with van der Waals surface area (Å²) >= 11 is 0. The zero-order valence-electron chi connectivity index (χ0n) is 15.1. The van der Waals surface area contributed by atoms with E-state index in [1.807, 2.05) is 0 Å². The Labute approximate surface area is 160 Å². The molecule has 9 heteroatoms. The van der Waals surface area contributed by atoms with E-state index >= 15 is 0 Å². The minimum Gasteiger partial charge on any atom is -0.485 e. The topological polar surface area (TPSA) is 84.8 Å². The lowest BCUT2D eigenvalue weighted by molar-refractivity contribution is 0.0614. The Balaban J connectivity index is 1.24. The molecule has 1 aromatic carbocycles. The fourth-order valence-corrected chi connectivity index (χ4v) is 2.96. The van der Waals surface area contributed by atoms with E-state index in [1.165, 1.54) is 24.7 Å². The molecule has 0 spiro atoms. The summed E-state index contributed by atoms with van der Waals surface area (Å²) in [6, 6.07) is 7.41. The number of halogens is 1. The number of hydrogen-bond acceptors (Lipinski definition) is 7. The fourth-order valence-electron chi connectivity index (χ4n) is 2.96. The summed E-state index contributed by atoms with van der Waals surface area (Å²) in [4.78, 5) is 20.6. The molecule has 0 saturated carbocycles.